The minimum Gasteiger partial charge on any atom is -0.462 e. The molecule has 0 aromatic rings. The zero-order valence-electron chi connectivity index (χ0n) is 41.6. The van der Waals surface area contributed by atoms with Crippen molar-refractivity contribution in [2.24, 2.45) is 0 Å². The molecule has 0 N–H and O–H groups in total. The zero-order chi connectivity index (χ0) is 45.8. The van der Waals surface area contributed by atoms with Crippen LogP contribution in [0.3, 0.4) is 0 Å². The van der Waals surface area contributed by atoms with Gasteiger partial charge in [-0.2, -0.15) is 0 Å². The first-order chi connectivity index (χ1) is 31.0. The molecule has 0 bridgehead atoms. The molecular weight excluding hydrogens is 781 g/mol. The number of hydrogen-bond acceptors (Lipinski definition) is 6. The molecule has 0 aliphatic rings. The Morgan fingerprint density at radius 3 is 1.00 bits per heavy atom. The molecule has 0 spiro atoms. The monoisotopic (exact) mass is 881 g/mol. The van der Waals surface area contributed by atoms with Gasteiger partial charge < -0.3 is 14.2 Å². The second-order valence-electron chi connectivity index (χ2n) is 17.8. The lowest BCUT2D eigenvalue weighted by Gasteiger charge is -2.18. The number of ether oxygens (including phenoxy) is 3. The third kappa shape index (κ3) is 50.0. The highest BCUT2D eigenvalue weighted by Crippen LogP contribution is 2.15. The SMILES string of the molecule is CCCCC/C=C/C/C=C/C/C=C/C/C=C/CCCC(=O)OC[C@@H](COC(=O)CCCCCCCCCCCCCCCC)OC(=O)CCCCCCC/C=C/CCCCCCC. The molecule has 1 atom stereocenters. The van der Waals surface area contributed by atoms with Gasteiger partial charge in [-0.25, -0.2) is 0 Å². The summed E-state index contributed by atoms with van der Waals surface area (Å²) in [5.74, 6) is -0.953. The highest BCUT2D eigenvalue weighted by Gasteiger charge is 2.19. The van der Waals surface area contributed by atoms with Crippen molar-refractivity contribution < 1.29 is 28.6 Å². The summed E-state index contributed by atoms with van der Waals surface area (Å²) < 4.78 is 16.8. The Labute approximate surface area is 390 Å². The maximum atomic E-state index is 12.8. The van der Waals surface area contributed by atoms with Gasteiger partial charge in [-0.3, -0.25) is 14.4 Å². The molecule has 0 saturated heterocycles. The fourth-order valence-corrected chi connectivity index (χ4v) is 7.43. The lowest BCUT2D eigenvalue weighted by Crippen LogP contribution is -2.30. The van der Waals surface area contributed by atoms with Crippen LogP contribution in [-0.4, -0.2) is 37.2 Å². The predicted octanol–water partition coefficient (Wildman–Crippen LogP) is 17.6. The average Bonchev–Trinajstić information content (AvgIpc) is 3.28. The Balaban J connectivity index is 4.46. The molecule has 6 nitrogen and oxygen atoms in total. The first-order valence-corrected chi connectivity index (χ1v) is 26.8. The Bertz CT molecular complexity index is 1150. The van der Waals surface area contributed by atoms with Crippen LogP contribution in [-0.2, 0) is 28.6 Å². The normalized spacial score (nSPS) is 12.5. The fourth-order valence-electron chi connectivity index (χ4n) is 7.43. The highest BCUT2D eigenvalue weighted by molar-refractivity contribution is 5.71. The van der Waals surface area contributed by atoms with Crippen molar-refractivity contribution >= 4 is 17.9 Å². The molecule has 0 aromatic heterocycles. The van der Waals surface area contributed by atoms with E-state index in [-0.39, 0.29) is 37.5 Å². The summed E-state index contributed by atoms with van der Waals surface area (Å²) in [7, 11) is 0. The van der Waals surface area contributed by atoms with E-state index in [1.54, 1.807) is 0 Å². The molecule has 0 aliphatic carbocycles. The molecule has 0 saturated carbocycles. The lowest BCUT2D eigenvalue weighted by molar-refractivity contribution is -0.167. The van der Waals surface area contributed by atoms with E-state index in [1.165, 1.54) is 141 Å². The van der Waals surface area contributed by atoms with E-state index < -0.39 is 6.10 Å². The van der Waals surface area contributed by atoms with Gasteiger partial charge in [0.2, 0.25) is 0 Å². The minimum absolute atomic E-state index is 0.0923. The van der Waals surface area contributed by atoms with E-state index in [1.807, 2.05) is 0 Å². The number of carbonyl (C=O) groups excluding carboxylic acids is 3. The van der Waals surface area contributed by atoms with Crippen LogP contribution >= 0.6 is 0 Å². The topological polar surface area (TPSA) is 78.9 Å². The fraction of sp³-hybridized carbons (Fsp3) is 0.772. The van der Waals surface area contributed by atoms with Crippen molar-refractivity contribution in [3.63, 3.8) is 0 Å². The maximum Gasteiger partial charge on any atom is 0.306 e. The van der Waals surface area contributed by atoms with Crippen LogP contribution in [0.2, 0.25) is 0 Å². The third-order valence-electron chi connectivity index (χ3n) is 11.5. The predicted molar refractivity (Wildman–Crippen MR) is 270 cm³/mol. The van der Waals surface area contributed by atoms with Gasteiger partial charge >= 0.3 is 17.9 Å². The molecular formula is C57H100O6. The lowest BCUT2D eigenvalue weighted by atomic mass is 10.0. The molecule has 0 unspecified atom stereocenters. The molecule has 6 heteroatoms. The molecule has 0 radical (unpaired) electrons. The first kappa shape index (κ1) is 60.1. The van der Waals surface area contributed by atoms with Crippen LogP contribution in [0.4, 0.5) is 0 Å². The largest absolute Gasteiger partial charge is 0.462 e. The van der Waals surface area contributed by atoms with E-state index in [0.717, 1.165) is 77.0 Å². The van der Waals surface area contributed by atoms with E-state index in [2.05, 4.69) is 81.5 Å². The van der Waals surface area contributed by atoms with Gasteiger partial charge in [0.05, 0.1) is 0 Å². The molecule has 0 rings (SSSR count). The van der Waals surface area contributed by atoms with Crippen LogP contribution in [0.15, 0.2) is 60.8 Å². The van der Waals surface area contributed by atoms with Crippen LogP contribution in [0.1, 0.15) is 265 Å². The van der Waals surface area contributed by atoms with Crippen molar-refractivity contribution in [3.05, 3.63) is 60.8 Å². The number of rotatable bonds is 48. The summed E-state index contributed by atoms with van der Waals surface area (Å²) in [5.41, 5.74) is 0. The summed E-state index contributed by atoms with van der Waals surface area (Å²) in [4.78, 5) is 38.0. The summed E-state index contributed by atoms with van der Waals surface area (Å²) in [5, 5.41) is 0. The Morgan fingerprint density at radius 2 is 0.587 bits per heavy atom. The van der Waals surface area contributed by atoms with Gasteiger partial charge in [0.15, 0.2) is 6.10 Å². The van der Waals surface area contributed by atoms with E-state index in [4.69, 9.17) is 14.2 Å². The Kier molecular flexibility index (Phi) is 49.4. The highest BCUT2D eigenvalue weighted by atomic mass is 16.6. The molecule has 0 amide bonds. The molecule has 63 heavy (non-hydrogen) atoms. The minimum atomic E-state index is -0.797. The molecule has 0 aromatic carbocycles. The number of carbonyl (C=O) groups is 3. The number of hydrogen-bond donors (Lipinski definition) is 0. The quantitative estimate of drug-likeness (QED) is 0.0262. The van der Waals surface area contributed by atoms with Gasteiger partial charge in [0, 0.05) is 19.3 Å². The summed E-state index contributed by atoms with van der Waals surface area (Å²) in [6.45, 7) is 6.56. The van der Waals surface area contributed by atoms with Crippen molar-refractivity contribution in [3.8, 4) is 0 Å². The van der Waals surface area contributed by atoms with Gasteiger partial charge in [-0.15, -0.1) is 0 Å². The van der Waals surface area contributed by atoms with E-state index in [0.29, 0.717) is 19.3 Å². The first-order valence-electron chi connectivity index (χ1n) is 26.8. The smallest absolute Gasteiger partial charge is 0.306 e. The van der Waals surface area contributed by atoms with Crippen LogP contribution in [0, 0.1) is 0 Å². The summed E-state index contributed by atoms with van der Waals surface area (Å²) in [6, 6.07) is 0. The number of allylic oxidation sites excluding steroid dienone is 10. The Morgan fingerprint density at radius 1 is 0.317 bits per heavy atom. The van der Waals surface area contributed by atoms with Crippen molar-refractivity contribution in [1.29, 1.82) is 0 Å². The maximum absolute atomic E-state index is 12.8. The van der Waals surface area contributed by atoms with Crippen LogP contribution in [0.25, 0.3) is 0 Å². The standard InChI is InChI=1S/C57H100O6/c1-4-7-10-13-16-19-22-25-28-29-30-33-35-38-41-44-47-50-56(59)62-53-54(63-57(60)51-48-45-42-39-36-32-27-24-21-18-15-12-9-6-3)52-61-55(58)49-46-43-40-37-34-31-26-23-20-17-14-11-8-5-2/h16,19,24-25,27-28,30,33,38,41,54H,4-15,17-18,20-23,26,29,31-32,34-37,39-40,42-53H2,1-3H3/b19-16+,27-24+,28-25+,33-30+,41-38+/t54-/m1/s1. The van der Waals surface area contributed by atoms with Gasteiger partial charge in [-0.05, 0) is 83.5 Å². The zero-order valence-corrected chi connectivity index (χ0v) is 41.6. The van der Waals surface area contributed by atoms with Crippen molar-refractivity contribution in [2.75, 3.05) is 13.2 Å². The van der Waals surface area contributed by atoms with Gasteiger partial charge in [0.1, 0.15) is 13.2 Å². The number of unbranched alkanes of at least 4 members (excludes halogenated alkanes) is 27. The van der Waals surface area contributed by atoms with Gasteiger partial charge in [0.25, 0.3) is 0 Å². The van der Waals surface area contributed by atoms with Crippen molar-refractivity contribution in [1.82, 2.24) is 0 Å². The van der Waals surface area contributed by atoms with Crippen LogP contribution in [0.5, 0.6) is 0 Å². The van der Waals surface area contributed by atoms with E-state index >= 15 is 0 Å². The summed E-state index contributed by atoms with van der Waals surface area (Å²) >= 11 is 0. The second kappa shape index (κ2) is 51.7. The molecule has 0 heterocycles. The van der Waals surface area contributed by atoms with Gasteiger partial charge in [-0.1, -0.05) is 223 Å². The van der Waals surface area contributed by atoms with Crippen LogP contribution < -0.4 is 0 Å². The molecule has 0 aliphatic heterocycles. The number of esters is 3. The Hall–Kier alpha value is -2.89. The van der Waals surface area contributed by atoms with Crippen molar-refractivity contribution in [2.45, 2.75) is 271 Å². The average molecular weight is 881 g/mol. The molecule has 0 fully saturated rings. The summed E-state index contributed by atoms with van der Waals surface area (Å²) in [6.07, 6.45) is 63.5. The molecule has 364 valence electrons. The van der Waals surface area contributed by atoms with E-state index in [9.17, 15) is 14.4 Å². The second-order valence-corrected chi connectivity index (χ2v) is 17.8. The third-order valence-corrected chi connectivity index (χ3v) is 11.5.